The Balaban J connectivity index is 3.02. The van der Waals surface area contributed by atoms with Gasteiger partial charge in [0.1, 0.15) is 4.47 Å². The molecule has 1 rings (SSSR count). The molecule has 0 aliphatic rings. The van der Waals surface area contributed by atoms with Crippen LogP contribution in [-0.4, -0.2) is 22.4 Å². The average molecular weight is 275 g/mol. The maximum Gasteiger partial charge on any atom is 0.283 e. The molecule has 1 aromatic rings. The summed E-state index contributed by atoms with van der Waals surface area (Å²) in [6.07, 6.45) is 1.63. The molecule has 0 saturated carbocycles. The number of hydrogen-bond donors (Lipinski definition) is 2. The highest BCUT2D eigenvalue weighted by molar-refractivity contribution is 9.10. The van der Waals surface area contributed by atoms with Crippen LogP contribution < -0.4 is 16.6 Å². The molecule has 0 aliphatic heterocycles. The summed E-state index contributed by atoms with van der Waals surface area (Å²) in [5.41, 5.74) is 6.03. The van der Waals surface area contributed by atoms with Crippen molar-refractivity contribution in [2.24, 2.45) is 5.73 Å². The second-order valence-electron chi connectivity index (χ2n) is 3.27. The van der Waals surface area contributed by atoms with Crippen LogP contribution in [0.5, 0.6) is 0 Å². The topological polar surface area (TPSA) is 72.9 Å². The highest BCUT2D eigenvalue weighted by Gasteiger charge is 2.09. The van der Waals surface area contributed by atoms with E-state index in [4.69, 9.17) is 5.73 Å². The van der Waals surface area contributed by atoms with Crippen LogP contribution in [0.1, 0.15) is 13.8 Å². The van der Waals surface area contributed by atoms with Gasteiger partial charge in [-0.3, -0.25) is 4.79 Å². The Bertz CT molecular complexity index is 390. The number of halogens is 1. The predicted molar refractivity (Wildman–Crippen MR) is 64.0 cm³/mol. The van der Waals surface area contributed by atoms with Crippen molar-refractivity contribution in [2.75, 3.05) is 11.9 Å². The summed E-state index contributed by atoms with van der Waals surface area (Å²) < 4.78 is 1.89. The first kappa shape index (κ1) is 12.2. The van der Waals surface area contributed by atoms with Gasteiger partial charge < -0.3 is 11.1 Å². The van der Waals surface area contributed by atoms with E-state index in [2.05, 4.69) is 26.3 Å². The minimum absolute atomic E-state index is 0.111. The fourth-order valence-electron chi connectivity index (χ4n) is 1.12. The molecule has 15 heavy (non-hydrogen) atoms. The van der Waals surface area contributed by atoms with E-state index in [0.29, 0.717) is 23.2 Å². The van der Waals surface area contributed by atoms with E-state index in [1.807, 2.05) is 13.8 Å². The molecule has 6 heteroatoms. The van der Waals surface area contributed by atoms with Gasteiger partial charge in [-0.2, -0.15) is 5.10 Å². The fraction of sp³-hybridized carbons (Fsp3) is 0.556. The Morgan fingerprint density at radius 3 is 2.93 bits per heavy atom. The van der Waals surface area contributed by atoms with Crippen LogP contribution >= 0.6 is 15.9 Å². The zero-order valence-electron chi connectivity index (χ0n) is 8.83. The van der Waals surface area contributed by atoms with Crippen molar-refractivity contribution in [1.82, 2.24) is 9.78 Å². The monoisotopic (exact) mass is 274 g/mol. The van der Waals surface area contributed by atoms with E-state index in [1.54, 1.807) is 6.20 Å². The summed E-state index contributed by atoms with van der Waals surface area (Å²) in [5, 5.41) is 7.12. The number of aromatic nitrogens is 2. The molecule has 0 amide bonds. The lowest BCUT2D eigenvalue weighted by atomic mass is 10.3. The zero-order valence-corrected chi connectivity index (χ0v) is 10.4. The molecular weight excluding hydrogens is 260 g/mol. The highest BCUT2D eigenvalue weighted by atomic mass is 79.9. The lowest BCUT2D eigenvalue weighted by molar-refractivity contribution is 0.612. The van der Waals surface area contributed by atoms with E-state index in [1.165, 1.54) is 4.68 Å². The molecule has 0 aromatic carbocycles. The van der Waals surface area contributed by atoms with Gasteiger partial charge in [-0.05, 0) is 29.8 Å². The second kappa shape index (κ2) is 5.27. The van der Waals surface area contributed by atoms with Gasteiger partial charge in [-0.1, -0.05) is 0 Å². The first-order valence-electron chi connectivity index (χ1n) is 4.82. The van der Waals surface area contributed by atoms with Gasteiger partial charge in [-0.25, -0.2) is 4.68 Å². The molecule has 1 atom stereocenters. The van der Waals surface area contributed by atoms with Crippen LogP contribution in [0, 0.1) is 0 Å². The molecule has 0 radical (unpaired) electrons. The molecule has 0 aliphatic carbocycles. The number of nitrogens with zero attached hydrogens (tertiary/aromatic N) is 2. The minimum Gasteiger partial charge on any atom is -0.379 e. The van der Waals surface area contributed by atoms with Gasteiger partial charge >= 0.3 is 0 Å². The molecule has 1 aromatic heterocycles. The maximum absolute atomic E-state index is 11.7. The van der Waals surface area contributed by atoms with Crippen LogP contribution in [0.4, 0.5) is 5.69 Å². The van der Waals surface area contributed by atoms with Crippen molar-refractivity contribution in [3.8, 4) is 0 Å². The van der Waals surface area contributed by atoms with Crippen LogP contribution in [-0.2, 0) is 6.54 Å². The number of nitrogens with two attached hydrogens (primary N) is 1. The van der Waals surface area contributed by atoms with E-state index < -0.39 is 0 Å². The highest BCUT2D eigenvalue weighted by Crippen LogP contribution is 2.16. The zero-order chi connectivity index (χ0) is 11.4. The second-order valence-corrected chi connectivity index (χ2v) is 4.07. The number of rotatable bonds is 4. The number of aryl methyl sites for hydroxylation is 1. The molecule has 0 saturated heterocycles. The third-order valence-corrected chi connectivity index (χ3v) is 2.81. The van der Waals surface area contributed by atoms with Crippen LogP contribution in [0.15, 0.2) is 15.5 Å². The summed E-state index contributed by atoms with van der Waals surface area (Å²) in [6.45, 7) is 4.88. The number of anilines is 1. The molecule has 1 heterocycles. The quantitative estimate of drug-likeness (QED) is 0.852. The molecule has 0 spiro atoms. The van der Waals surface area contributed by atoms with Gasteiger partial charge in [-0.15, -0.1) is 0 Å². The Hall–Kier alpha value is -0.880. The molecule has 0 bridgehead atoms. The summed E-state index contributed by atoms with van der Waals surface area (Å²) in [7, 11) is 0. The molecule has 3 N–H and O–H groups in total. The SMILES string of the molecule is CCn1ncc(NC(C)CN)c(Br)c1=O. The Kier molecular flexibility index (Phi) is 4.28. The third-order valence-electron chi connectivity index (χ3n) is 2.04. The number of nitrogens with one attached hydrogen (secondary N) is 1. The smallest absolute Gasteiger partial charge is 0.283 e. The Morgan fingerprint density at radius 1 is 1.73 bits per heavy atom. The van der Waals surface area contributed by atoms with E-state index in [0.717, 1.165) is 0 Å². The number of hydrogen-bond acceptors (Lipinski definition) is 4. The average Bonchev–Trinajstić information content (AvgIpc) is 2.25. The maximum atomic E-state index is 11.7. The molecule has 84 valence electrons. The van der Waals surface area contributed by atoms with Crippen LogP contribution in [0.2, 0.25) is 0 Å². The van der Waals surface area contributed by atoms with Crippen LogP contribution in [0.3, 0.4) is 0 Å². The van der Waals surface area contributed by atoms with Crippen molar-refractivity contribution < 1.29 is 0 Å². The van der Waals surface area contributed by atoms with E-state index >= 15 is 0 Å². The Labute approximate surface area is 96.8 Å². The largest absolute Gasteiger partial charge is 0.379 e. The first-order chi connectivity index (χ1) is 7.10. The summed E-state index contributed by atoms with van der Waals surface area (Å²) in [6, 6.07) is 0.111. The third kappa shape index (κ3) is 2.79. The van der Waals surface area contributed by atoms with Crippen molar-refractivity contribution in [2.45, 2.75) is 26.4 Å². The lowest BCUT2D eigenvalue weighted by Gasteiger charge is -2.14. The van der Waals surface area contributed by atoms with Gasteiger partial charge in [0.05, 0.1) is 11.9 Å². The predicted octanol–water partition coefficient (Wildman–Crippen LogP) is 0.785. The first-order valence-corrected chi connectivity index (χ1v) is 5.61. The molecule has 5 nitrogen and oxygen atoms in total. The van der Waals surface area contributed by atoms with E-state index in [-0.39, 0.29) is 11.6 Å². The minimum atomic E-state index is -0.133. The van der Waals surface area contributed by atoms with Gasteiger partial charge in [0, 0.05) is 19.1 Å². The molecule has 1 unspecified atom stereocenters. The summed E-state index contributed by atoms with van der Waals surface area (Å²) in [5.74, 6) is 0. The van der Waals surface area contributed by atoms with Gasteiger partial charge in [0.2, 0.25) is 0 Å². The van der Waals surface area contributed by atoms with Crippen LogP contribution in [0.25, 0.3) is 0 Å². The summed E-state index contributed by atoms with van der Waals surface area (Å²) in [4.78, 5) is 11.7. The fourth-order valence-corrected chi connectivity index (χ4v) is 1.54. The molecule has 0 fully saturated rings. The van der Waals surface area contributed by atoms with Crippen molar-refractivity contribution in [3.05, 3.63) is 21.0 Å². The molecular formula is C9H15BrN4O. The summed E-state index contributed by atoms with van der Waals surface area (Å²) >= 11 is 3.25. The van der Waals surface area contributed by atoms with Crippen molar-refractivity contribution in [3.63, 3.8) is 0 Å². The lowest BCUT2D eigenvalue weighted by Crippen LogP contribution is -2.28. The van der Waals surface area contributed by atoms with Gasteiger partial charge in [0.15, 0.2) is 0 Å². The van der Waals surface area contributed by atoms with Crippen molar-refractivity contribution >= 4 is 21.6 Å². The van der Waals surface area contributed by atoms with Gasteiger partial charge in [0.25, 0.3) is 5.56 Å². The van der Waals surface area contributed by atoms with Crippen molar-refractivity contribution in [1.29, 1.82) is 0 Å². The van der Waals surface area contributed by atoms with E-state index in [9.17, 15) is 4.79 Å². The standard InChI is InChI=1S/C9H15BrN4O/c1-3-14-9(15)8(10)7(5-12-14)13-6(2)4-11/h5-6,13H,3-4,11H2,1-2H3. The Morgan fingerprint density at radius 2 is 2.40 bits per heavy atom. The normalized spacial score (nSPS) is 12.5.